The van der Waals surface area contributed by atoms with Crippen molar-refractivity contribution >= 4 is 11.3 Å². The van der Waals surface area contributed by atoms with Crippen molar-refractivity contribution in [2.75, 3.05) is 39.6 Å². The monoisotopic (exact) mass is 372 g/mol. The van der Waals surface area contributed by atoms with Crippen molar-refractivity contribution in [1.82, 2.24) is 0 Å². The molecule has 0 bridgehead atoms. The average molecular weight is 373 g/mol. The van der Waals surface area contributed by atoms with Gasteiger partial charge in [-0.2, -0.15) is 0 Å². The molecule has 0 unspecified atom stereocenters. The summed E-state index contributed by atoms with van der Waals surface area (Å²) in [7, 11) is 0. The zero-order valence-electron chi connectivity index (χ0n) is 16.4. The van der Waals surface area contributed by atoms with Crippen LogP contribution in [0.4, 0.5) is 0 Å². The van der Waals surface area contributed by atoms with E-state index in [-0.39, 0.29) is 0 Å². The van der Waals surface area contributed by atoms with Crippen molar-refractivity contribution in [3.63, 3.8) is 0 Å². The fraction of sp³-hybridized carbons (Fsp3) is 0.800. The molecule has 0 aliphatic rings. The summed E-state index contributed by atoms with van der Waals surface area (Å²) in [4.78, 5) is 0. The molecule has 0 aliphatic heterocycles. The number of hydrogen-bond acceptors (Lipinski definition) is 5. The van der Waals surface area contributed by atoms with Crippen LogP contribution in [0.2, 0.25) is 0 Å². The summed E-state index contributed by atoms with van der Waals surface area (Å²) < 4.78 is 22.9. The predicted molar refractivity (Wildman–Crippen MR) is 105 cm³/mol. The Labute approximate surface area is 157 Å². The van der Waals surface area contributed by atoms with Gasteiger partial charge >= 0.3 is 0 Å². The van der Waals surface area contributed by atoms with Crippen LogP contribution in [0.25, 0.3) is 0 Å². The summed E-state index contributed by atoms with van der Waals surface area (Å²) in [5, 5.41) is 3.99. The summed E-state index contributed by atoms with van der Waals surface area (Å²) in [6.07, 6.45) is 4.12. The van der Waals surface area contributed by atoms with E-state index < -0.39 is 0 Å². The topological polar surface area (TPSA) is 36.9 Å². The highest BCUT2D eigenvalue weighted by molar-refractivity contribution is 7.08. The van der Waals surface area contributed by atoms with E-state index in [0.717, 1.165) is 63.6 Å². The van der Waals surface area contributed by atoms with Crippen LogP contribution >= 0.6 is 11.3 Å². The first-order valence-electron chi connectivity index (χ1n) is 9.64. The van der Waals surface area contributed by atoms with E-state index in [1.165, 1.54) is 0 Å². The highest BCUT2D eigenvalue weighted by Gasteiger charge is 2.07. The summed E-state index contributed by atoms with van der Waals surface area (Å²) in [6.45, 7) is 13.3. The lowest BCUT2D eigenvalue weighted by Crippen LogP contribution is -2.09. The molecule has 1 rings (SSSR count). The highest BCUT2D eigenvalue weighted by Crippen LogP contribution is 2.31. The van der Waals surface area contributed by atoms with E-state index in [4.69, 9.17) is 18.9 Å². The van der Waals surface area contributed by atoms with Gasteiger partial charge in [0.2, 0.25) is 0 Å². The molecule has 0 saturated heterocycles. The average Bonchev–Trinajstić information content (AvgIpc) is 3.07. The first-order chi connectivity index (χ1) is 12.2. The number of rotatable bonds is 16. The number of ether oxygens (including phenoxy) is 4. The molecule has 146 valence electrons. The fourth-order valence-corrected chi connectivity index (χ4v) is 2.66. The quantitative estimate of drug-likeness (QED) is 0.364. The van der Waals surface area contributed by atoms with Crippen molar-refractivity contribution in [3.8, 4) is 11.5 Å². The molecule has 25 heavy (non-hydrogen) atoms. The van der Waals surface area contributed by atoms with Gasteiger partial charge in [0.25, 0.3) is 0 Å². The van der Waals surface area contributed by atoms with Gasteiger partial charge in [-0.1, -0.05) is 40.5 Å². The highest BCUT2D eigenvalue weighted by atomic mass is 32.1. The molecular weight excluding hydrogens is 336 g/mol. The number of thiophene rings is 1. The Kier molecular flexibility index (Phi) is 12.8. The molecule has 0 spiro atoms. The van der Waals surface area contributed by atoms with Crippen LogP contribution in [0.5, 0.6) is 11.5 Å². The molecule has 1 heterocycles. The van der Waals surface area contributed by atoms with Crippen molar-refractivity contribution in [2.45, 2.75) is 53.4 Å². The van der Waals surface area contributed by atoms with E-state index in [9.17, 15) is 0 Å². The Morgan fingerprint density at radius 1 is 0.760 bits per heavy atom. The summed E-state index contributed by atoms with van der Waals surface area (Å²) >= 11 is 1.60. The minimum absolute atomic E-state index is 0.631. The van der Waals surface area contributed by atoms with Crippen LogP contribution in [-0.2, 0) is 9.47 Å². The maximum absolute atomic E-state index is 5.81. The van der Waals surface area contributed by atoms with Gasteiger partial charge in [0.1, 0.15) is 0 Å². The fourth-order valence-electron chi connectivity index (χ4n) is 1.98. The van der Waals surface area contributed by atoms with Gasteiger partial charge in [0.05, 0.1) is 13.2 Å². The van der Waals surface area contributed by atoms with E-state index in [2.05, 4.69) is 27.7 Å². The Hall–Kier alpha value is -0.780. The largest absolute Gasteiger partial charge is 0.489 e. The second-order valence-electron chi connectivity index (χ2n) is 6.68. The van der Waals surface area contributed by atoms with Gasteiger partial charge in [0.15, 0.2) is 11.5 Å². The lowest BCUT2D eigenvalue weighted by atomic mass is 10.1. The Morgan fingerprint density at radius 2 is 1.20 bits per heavy atom. The minimum Gasteiger partial charge on any atom is -0.489 e. The van der Waals surface area contributed by atoms with Crippen LogP contribution in [0, 0.1) is 11.8 Å². The van der Waals surface area contributed by atoms with Crippen molar-refractivity contribution in [2.24, 2.45) is 11.8 Å². The maximum Gasteiger partial charge on any atom is 0.171 e. The standard InChI is InChI=1S/C20H36O4S/c1-5-17(3)13-21-9-7-11-23-19-15-25-16-20(19)24-12-8-10-22-14-18(4)6-2/h15-18H,5-14H2,1-4H3/t17-,18-/m0/s1. The number of hydrogen-bond donors (Lipinski definition) is 0. The molecule has 0 amide bonds. The predicted octanol–water partition coefficient (Wildman–Crippen LogP) is 5.41. The molecule has 0 fully saturated rings. The van der Waals surface area contributed by atoms with E-state index >= 15 is 0 Å². The van der Waals surface area contributed by atoms with E-state index in [1.807, 2.05) is 10.8 Å². The third-order valence-corrected chi connectivity index (χ3v) is 4.87. The zero-order chi connectivity index (χ0) is 18.3. The molecule has 4 nitrogen and oxygen atoms in total. The van der Waals surface area contributed by atoms with Crippen LogP contribution in [0.15, 0.2) is 10.8 Å². The van der Waals surface area contributed by atoms with Gasteiger partial charge in [0, 0.05) is 50.0 Å². The molecule has 0 aromatic carbocycles. The van der Waals surface area contributed by atoms with E-state index in [0.29, 0.717) is 25.0 Å². The molecule has 5 heteroatoms. The molecule has 1 aromatic heterocycles. The first-order valence-corrected chi connectivity index (χ1v) is 10.6. The third-order valence-electron chi connectivity index (χ3n) is 4.17. The van der Waals surface area contributed by atoms with Gasteiger partial charge in [-0.25, -0.2) is 0 Å². The smallest absolute Gasteiger partial charge is 0.171 e. The van der Waals surface area contributed by atoms with Gasteiger partial charge in [-0.3, -0.25) is 0 Å². The van der Waals surface area contributed by atoms with Gasteiger partial charge in [-0.15, -0.1) is 11.3 Å². The molecular formula is C20H36O4S. The molecule has 0 N–H and O–H groups in total. The van der Waals surface area contributed by atoms with Crippen LogP contribution in [-0.4, -0.2) is 39.6 Å². The first kappa shape index (κ1) is 22.3. The van der Waals surface area contributed by atoms with Crippen LogP contribution in [0.3, 0.4) is 0 Å². The van der Waals surface area contributed by atoms with Gasteiger partial charge in [-0.05, 0) is 11.8 Å². The summed E-state index contributed by atoms with van der Waals surface area (Å²) in [5.74, 6) is 2.94. The van der Waals surface area contributed by atoms with Crippen molar-refractivity contribution < 1.29 is 18.9 Å². The Morgan fingerprint density at radius 3 is 1.60 bits per heavy atom. The van der Waals surface area contributed by atoms with Crippen molar-refractivity contribution in [1.29, 1.82) is 0 Å². The van der Waals surface area contributed by atoms with Crippen LogP contribution in [0.1, 0.15) is 53.4 Å². The third kappa shape index (κ3) is 10.7. The second kappa shape index (κ2) is 14.4. The van der Waals surface area contributed by atoms with Crippen molar-refractivity contribution in [3.05, 3.63) is 10.8 Å². The van der Waals surface area contributed by atoms with E-state index in [1.54, 1.807) is 11.3 Å². The Bertz CT molecular complexity index is 385. The molecule has 0 radical (unpaired) electrons. The maximum atomic E-state index is 5.81. The SMILES string of the molecule is CC[C@H](C)COCCCOc1cscc1OCCCOC[C@@H](C)CC. The van der Waals surface area contributed by atoms with Crippen LogP contribution < -0.4 is 9.47 Å². The lowest BCUT2D eigenvalue weighted by Gasteiger charge is -2.11. The summed E-state index contributed by atoms with van der Waals surface area (Å²) in [6, 6.07) is 0. The molecule has 0 saturated carbocycles. The normalized spacial score (nSPS) is 13.6. The zero-order valence-corrected chi connectivity index (χ0v) is 17.2. The Balaban J connectivity index is 2.07. The molecule has 2 atom stereocenters. The van der Waals surface area contributed by atoms with Gasteiger partial charge < -0.3 is 18.9 Å². The molecule has 1 aromatic rings. The second-order valence-corrected chi connectivity index (χ2v) is 7.42. The lowest BCUT2D eigenvalue weighted by molar-refractivity contribution is 0.0898. The summed E-state index contributed by atoms with van der Waals surface area (Å²) in [5.41, 5.74) is 0. The minimum atomic E-state index is 0.631. The molecule has 0 aliphatic carbocycles.